The number of nitrogens with one attached hydrogen (secondary N) is 1. The van der Waals surface area contributed by atoms with Crippen molar-refractivity contribution >= 4 is 0 Å². The summed E-state index contributed by atoms with van der Waals surface area (Å²) in [6.45, 7) is 6.19. The molecular formula is C12H21N3O2. The van der Waals surface area contributed by atoms with Crippen molar-refractivity contribution in [2.75, 3.05) is 19.8 Å². The third kappa shape index (κ3) is 3.80. The second-order valence-corrected chi connectivity index (χ2v) is 4.90. The van der Waals surface area contributed by atoms with E-state index < -0.39 is 5.79 Å². The highest BCUT2D eigenvalue weighted by Crippen LogP contribution is 2.16. The fourth-order valence-corrected chi connectivity index (χ4v) is 1.81. The molecule has 0 aliphatic carbocycles. The van der Waals surface area contributed by atoms with E-state index in [1.165, 1.54) is 0 Å². The van der Waals surface area contributed by atoms with E-state index >= 15 is 0 Å². The number of nitrogens with zero attached hydrogens (tertiary/aromatic N) is 2. The predicted molar refractivity (Wildman–Crippen MR) is 64.7 cm³/mol. The van der Waals surface area contributed by atoms with Gasteiger partial charge in [-0.25, -0.2) is 0 Å². The van der Waals surface area contributed by atoms with Crippen LogP contribution in [0, 0.1) is 0 Å². The largest absolute Gasteiger partial charge is 0.349 e. The number of rotatable bonds is 4. The average molecular weight is 239 g/mol. The normalized spacial score (nSPS) is 20.6. The minimum Gasteiger partial charge on any atom is -0.349 e. The van der Waals surface area contributed by atoms with E-state index in [-0.39, 0.29) is 6.04 Å². The molecule has 5 nitrogen and oxygen atoms in total. The Morgan fingerprint density at radius 2 is 2.18 bits per heavy atom. The summed E-state index contributed by atoms with van der Waals surface area (Å²) in [6, 6.07) is 2.32. The molecule has 1 aromatic rings. The van der Waals surface area contributed by atoms with Crippen LogP contribution in [0.15, 0.2) is 12.3 Å². The Kier molecular flexibility index (Phi) is 3.81. The quantitative estimate of drug-likeness (QED) is 0.840. The minimum absolute atomic E-state index is 0.284. The molecule has 5 heteroatoms. The maximum absolute atomic E-state index is 5.58. The Morgan fingerprint density at radius 3 is 2.76 bits per heavy atom. The monoisotopic (exact) mass is 239 g/mol. The van der Waals surface area contributed by atoms with Gasteiger partial charge in [-0.05, 0) is 19.9 Å². The lowest BCUT2D eigenvalue weighted by molar-refractivity contribution is -0.252. The van der Waals surface area contributed by atoms with Gasteiger partial charge in [0.25, 0.3) is 0 Å². The fourth-order valence-electron chi connectivity index (χ4n) is 1.81. The summed E-state index contributed by atoms with van der Waals surface area (Å²) in [5, 5.41) is 7.75. The molecule has 0 amide bonds. The Balaban J connectivity index is 1.66. The van der Waals surface area contributed by atoms with Gasteiger partial charge in [-0.15, -0.1) is 0 Å². The highest BCUT2D eigenvalue weighted by atomic mass is 16.7. The molecule has 1 fully saturated rings. The molecular weight excluding hydrogens is 218 g/mol. The van der Waals surface area contributed by atoms with Gasteiger partial charge in [-0.1, -0.05) is 0 Å². The van der Waals surface area contributed by atoms with E-state index in [9.17, 15) is 0 Å². The van der Waals surface area contributed by atoms with Crippen molar-refractivity contribution < 1.29 is 9.47 Å². The first kappa shape index (κ1) is 12.5. The molecule has 0 unspecified atom stereocenters. The average Bonchev–Trinajstić information content (AvgIpc) is 2.67. The first-order valence-electron chi connectivity index (χ1n) is 6.05. The maximum Gasteiger partial charge on any atom is 0.162 e. The minimum atomic E-state index is -0.431. The van der Waals surface area contributed by atoms with Crippen molar-refractivity contribution in [2.45, 2.75) is 32.1 Å². The third-order valence-corrected chi connectivity index (χ3v) is 2.85. The molecule has 1 aliphatic rings. The van der Waals surface area contributed by atoms with Crippen LogP contribution in [0.1, 0.15) is 19.5 Å². The second kappa shape index (κ2) is 5.16. The molecule has 0 radical (unpaired) electrons. The Hall–Kier alpha value is -0.910. The fraction of sp³-hybridized carbons (Fsp3) is 0.750. The second-order valence-electron chi connectivity index (χ2n) is 4.90. The Labute approximate surface area is 102 Å². The summed E-state index contributed by atoms with van der Waals surface area (Å²) in [4.78, 5) is 0. The summed E-state index contributed by atoms with van der Waals surface area (Å²) in [6.07, 6.45) is 2.89. The molecule has 0 spiro atoms. The van der Waals surface area contributed by atoms with Crippen LogP contribution in [0.25, 0.3) is 0 Å². The van der Waals surface area contributed by atoms with Gasteiger partial charge in [0.05, 0.1) is 24.9 Å². The van der Waals surface area contributed by atoms with Crippen molar-refractivity contribution in [3.05, 3.63) is 18.0 Å². The van der Waals surface area contributed by atoms with Crippen LogP contribution in [-0.4, -0.2) is 41.4 Å². The molecule has 1 saturated heterocycles. The van der Waals surface area contributed by atoms with Crippen LogP contribution in [0.3, 0.4) is 0 Å². The summed E-state index contributed by atoms with van der Waals surface area (Å²) < 4.78 is 13.0. The Bertz CT molecular complexity index is 352. The summed E-state index contributed by atoms with van der Waals surface area (Å²) in [5.41, 5.74) is 1.11. The molecule has 1 aromatic heterocycles. The zero-order valence-corrected chi connectivity index (χ0v) is 10.8. The SMILES string of the molecule is Cn1ccc(CCNC2COC(C)(C)OC2)n1. The van der Waals surface area contributed by atoms with Crippen LogP contribution in [-0.2, 0) is 22.9 Å². The lowest BCUT2D eigenvalue weighted by atomic mass is 10.2. The van der Waals surface area contributed by atoms with Gasteiger partial charge in [0.15, 0.2) is 5.79 Å². The van der Waals surface area contributed by atoms with Gasteiger partial charge in [0.2, 0.25) is 0 Å². The van der Waals surface area contributed by atoms with E-state index in [2.05, 4.69) is 10.4 Å². The number of hydrogen-bond acceptors (Lipinski definition) is 4. The van der Waals surface area contributed by atoms with Gasteiger partial charge in [0, 0.05) is 26.2 Å². The van der Waals surface area contributed by atoms with E-state index in [0.717, 1.165) is 18.7 Å². The number of aromatic nitrogens is 2. The molecule has 1 aliphatic heterocycles. The number of hydrogen-bond donors (Lipinski definition) is 1. The van der Waals surface area contributed by atoms with E-state index in [1.54, 1.807) is 0 Å². The van der Waals surface area contributed by atoms with Crippen molar-refractivity contribution in [1.82, 2.24) is 15.1 Å². The summed E-state index contributed by atoms with van der Waals surface area (Å²) >= 11 is 0. The molecule has 0 saturated carbocycles. The molecule has 0 atom stereocenters. The lowest BCUT2D eigenvalue weighted by Gasteiger charge is -2.35. The van der Waals surface area contributed by atoms with E-state index in [4.69, 9.17) is 9.47 Å². The summed E-state index contributed by atoms with van der Waals surface area (Å²) in [5.74, 6) is -0.431. The van der Waals surface area contributed by atoms with Gasteiger partial charge >= 0.3 is 0 Å². The molecule has 2 rings (SSSR count). The molecule has 96 valence electrons. The van der Waals surface area contributed by atoms with E-state index in [0.29, 0.717) is 13.2 Å². The molecule has 17 heavy (non-hydrogen) atoms. The maximum atomic E-state index is 5.58. The number of ether oxygens (including phenoxy) is 2. The van der Waals surface area contributed by atoms with Crippen LogP contribution in [0.2, 0.25) is 0 Å². The summed E-state index contributed by atoms with van der Waals surface area (Å²) in [7, 11) is 1.93. The van der Waals surface area contributed by atoms with Crippen LogP contribution in [0.4, 0.5) is 0 Å². The zero-order chi connectivity index (χ0) is 12.3. The zero-order valence-electron chi connectivity index (χ0n) is 10.8. The van der Waals surface area contributed by atoms with Crippen molar-refractivity contribution in [1.29, 1.82) is 0 Å². The highest BCUT2D eigenvalue weighted by molar-refractivity contribution is 4.99. The molecule has 2 heterocycles. The Morgan fingerprint density at radius 1 is 1.47 bits per heavy atom. The topological polar surface area (TPSA) is 48.3 Å². The van der Waals surface area contributed by atoms with Crippen molar-refractivity contribution in [3.63, 3.8) is 0 Å². The van der Waals surface area contributed by atoms with Crippen LogP contribution in [0.5, 0.6) is 0 Å². The molecule has 0 bridgehead atoms. The third-order valence-electron chi connectivity index (χ3n) is 2.85. The van der Waals surface area contributed by atoms with Gasteiger partial charge in [-0.2, -0.15) is 5.10 Å². The van der Waals surface area contributed by atoms with Gasteiger partial charge in [0.1, 0.15) is 0 Å². The highest BCUT2D eigenvalue weighted by Gasteiger charge is 2.27. The first-order valence-corrected chi connectivity index (χ1v) is 6.05. The molecule has 1 N–H and O–H groups in total. The van der Waals surface area contributed by atoms with Crippen molar-refractivity contribution in [3.8, 4) is 0 Å². The standard InChI is InChI=1S/C12H21N3O2/c1-12(2)16-8-11(9-17-12)13-6-4-10-5-7-15(3)14-10/h5,7,11,13H,4,6,8-9H2,1-3H3. The van der Waals surface area contributed by atoms with Gasteiger partial charge < -0.3 is 14.8 Å². The lowest BCUT2D eigenvalue weighted by Crippen LogP contribution is -2.48. The first-order chi connectivity index (χ1) is 8.05. The van der Waals surface area contributed by atoms with Crippen LogP contribution < -0.4 is 5.32 Å². The molecule has 0 aromatic carbocycles. The number of aryl methyl sites for hydroxylation is 1. The smallest absolute Gasteiger partial charge is 0.162 e. The van der Waals surface area contributed by atoms with Crippen LogP contribution >= 0.6 is 0 Å². The van der Waals surface area contributed by atoms with Gasteiger partial charge in [-0.3, -0.25) is 4.68 Å². The van der Waals surface area contributed by atoms with E-state index in [1.807, 2.05) is 37.8 Å². The van der Waals surface area contributed by atoms with Crippen molar-refractivity contribution in [2.24, 2.45) is 7.05 Å². The predicted octanol–water partition coefficient (Wildman–Crippen LogP) is 0.704.